The number of carbonyl (C=O) groups is 1. The van der Waals surface area contributed by atoms with Crippen molar-refractivity contribution in [2.24, 2.45) is 17.8 Å². The summed E-state index contributed by atoms with van der Waals surface area (Å²) in [5, 5.41) is 2.83. The van der Waals surface area contributed by atoms with Crippen LogP contribution in [0.25, 0.3) is 5.57 Å². The number of benzene rings is 1. The van der Waals surface area contributed by atoms with E-state index in [1.54, 1.807) is 0 Å². The first-order valence-electron chi connectivity index (χ1n) is 12.4. The number of rotatable bonds is 8. The van der Waals surface area contributed by atoms with Gasteiger partial charge in [0.15, 0.2) is 0 Å². The minimum absolute atomic E-state index is 0.0717. The molecule has 0 aromatic heterocycles. The van der Waals surface area contributed by atoms with E-state index in [2.05, 4.69) is 48.7 Å². The molecule has 0 saturated heterocycles. The molecule has 0 spiro atoms. The lowest BCUT2D eigenvalue weighted by Gasteiger charge is -2.57. The van der Waals surface area contributed by atoms with Gasteiger partial charge >= 0.3 is 0 Å². The third kappa shape index (κ3) is 4.87. The number of ether oxygens (including phenoxy) is 1. The van der Waals surface area contributed by atoms with Crippen molar-refractivity contribution < 1.29 is 9.53 Å². The van der Waals surface area contributed by atoms with Crippen molar-refractivity contribution in [3.05, 3.63) is 59.2 Å². The Labute approximate surface area is 194 Å². The largest absolute Gasteiger partial charge is 0.496 e. The highest BCUT2D eigenvalue weighted by Gasteiger charge is 2.52. The fourth-order valence-electron chi connectivity index (χ4n) is 6.84. The van der Waals surface area contributed by atoms with Gasteiger partial charge in [-0.25, -0.2) is 0 Å². The zero-order valence-electron chi connectivity index (χ0n) is 20.2. The maximum absolute atomic E-state index is 11.6. The number of carbonyl (C=O) groups excluding carboxylic acids is 1. The molecule has 1 aromatic carbocycles. The third-order valence-electron chi connectivity index (χ3n) is 7.95. The van der Waals surface area contributed by atoms with Crippen molar-refractivity contribution >= 4 is 11.5 Å². The van der Waals surface area contributed by atoms with Crippen LogP contribution in [0.15, 0.2) is 48.1 Å². The molecule has 0 atom stereocenters. The Morgan fingerprint density at radius 2 is 1.78 bits per heavy atom. The van der Waals surface area contributed by atoms with Gasteiger partial charge in [-0.1, -0.05) is 35.9 Å². The smallest absolute Gasteiger partial charge is 0.223 e. The monoisotopic (exact) mass is 433 g/mol. The lowest BCUT2D eigenvalue weighted by atomic mass is 9.48. The molecule has 0 unspecified atom stereocenters. The summed E-state index contributed by atoms with van der Waals surface area (Å²) in [6.45, 7) is 6.84. The molecule has 4 aliphatic carbocycles. The van der Waals surface area contributed by atoms with Crippen LogP contribution in [0.4, 0.5) is 0 Å². The number of allylic oxidation sites excluding steroid dienone is 5. The van der Waals surface area contributed by atoms with E-state index in [1.165, 1.54) is 55.2 Å². The fraction of sp³-hybridized carbons (Fsp3) is 0.552. The van der Waals surface area contributed by atoms with Crippen LogP contribution in [-0.2, 0) is 10.2 Å². The van der Waals surface area contributed by atoms with Gasteiger partial charge in [-0.15, -0.1) is 0 Å². The molecular formula is C29H39NO2. The van der Waals surface area contributed by atoms with Crippen LogP contribution in [-0.4, -0.2) is 19.6 Å². The van der Waals surface area contributed by atoms with Crippen molar-refractivity contribution in [3.8, 4) is 5.75 Å². The van der Waals surface area contributed by atoms with Crippen LogP contribution in [0.5, 0.6) is 5.75 Å². The van der Waals surface area contributed by atoms with E-state index in [0.717, 1.165) is 29.1 Å². The standard InChI is InChI=1S/C29H39NO2/c1-5-30-28(31)12-9-20(2)7-6-8-21(3)25-10-11-27(32-4)26(16-25)29-17-22-13-23(18-29)15-24(14-22)19-29/h6-11,16,22-24H,5,12-15,17-19H2,1-4H3,(H,30,31). The number of hydrogen-bond donors (Lipinski definition) is 1. The first-order valence-corrected chi connectivity index (χ1v) is 12.4. The van der Waals surface area contributed by atoms with E-state index >= 15 is 0 Å². The van der Waals surface area contributed by atoms with E-state index < -0.39 is 0 Å². The predicted octanol–water partition coefficient (Wildman–Crippen LogP) is 6.60. The molecule has 32 heavy (non-hydrogen) atoms. The van der Waals surface area contributed by atoms with Crippen molar-refractivity contribution in [3.63, 3.8) is 0 Å². The summed E-state index contributed by atoms with van der Waals surface area (Å²) >= 11 is 0. The molecule has 172 valence electrons. The second kappa shape index (κ2) is 9.68. The predicted molar refractivity (Wildman–Crippen MR) is 133 cm³/mol. The van der Waals surface area contributed by atoms with Gasteiger partial charge in [0.1, 0.15) is 5.75 Å². The Morgan fingerprint density at radius 3 is 2.38 bits per heavy atom. The summed E-state index contributed by atoms with van der Waals surface area (Å²) in [6.07, 6.45) is 17.1. The molecule has 5 rings (SSSR count). The Kier molecular flexibility index (Phi) is 6.93. The van der Waals surface area contributed by atoms with E-state index in [4.69, 9.17) is 4.74 Å². The highest BCUT2D eigenvalue weighted by atomic mass is 16.5. The van der Waals surface area contributed by atoms with Gasteiger partial charge in [0.2, 0.25) is 5.91 Å². The Balaban J connectivity index is 1.52. The summed E-state index contributed by atoms with van der Waals surface area (Å²) in [7, 11) is 1.82. The molecule has 4 saturated carbocycles. The summed E-state index contributed by atoms with van der Waals surface area (Å²) in [6, 6.07) is 6.80. The molecule has 0 radical (unpaired) electrons. The average Bonchev–Trinajstić information content (AvgIpc) is 2.76. The van der Waals surface area contributed by atoms with Gasteiger partial charge in [-0.05, 0) is 106 Å². The van der Waals surface area contributed by atoms with Gasteiger partial charge < -0.3 is 10.1 Å². The van der Waals surface area contributed by atoms with Crippen molar-refractivity contribution in [2.75, 3.05) is 13.7 Å². The summed E-state index contributed by atoms with van der Waals surface area (Å²) in [4.78, 5) is 11.6. The van der Waals surface area contributed by atoms with Crippen molar-refractivity contribution in [1.82, 2.24) is 5.32 Å². The summed E-state index contributed by atoms with van der Waals surface area (Å²) in [5.74, 6) is 3.90. The van der Waals surface area contributed by atoms with Gasteiger partial charge in [-0.3, -0.25) is 4.79 Å². The average molecular weight is 434 g/mol. The zero-order valence-corrected chi connectivity index (χ0v) is 20.2. The van der Waals surface area contributed by atoms with Crippen molar-refractivity contribution in [2.45, 2.75) is 71.1 Å². The lowest BCUT2D eigenvalue weighted by molar-refractivity contribution is -0.120. The second-order valence-electron chi connectivity index (χ2n) is 10.4. The van der Waals surface area contributed by atoms with Gasteiger partial charge in [0, 0.05) is 18.5 Å². The highest BCUT2D eigenvalue weighted by molar-refractivity contribution is 5.77. The van der Waals surface area contributed by atoms with Crippen LogP contribution >= 0.6 is 0 Å². The van der Waals surface area contributed by atoms with Crippen LogP contribution in [0.1, 0.15) is 76.8 Å². The number of amides is 1. The summed E-state index contributed by atoms with van der Waals surface area (Å²) in [5.41, 5.74) is 5.41. The number of nitrogens with one attached hydrogen (secondary N) is 1. The van der Waals surface area contributed by atoms with Gasteiger partial charge in [0.05, 0.1) is 7.11 Å². The Bertz CT molecular complexity index is 901. The van der Waals surface area contributed by atoms with Crippen molar-refractivity contribution in [1.29, 1.82) is 0 Å². The molecule has 4 bridgehead atoms. The summed E-state index contributed by atoms with van der Waals surface area (Å²) < 4.78 is 5.87. The van der Waals surface area contributed by atoms with E-state index in [9.17, 15) is 4.79 Å². The van der Waals surface area contributed by atoms with E-state index in [-0.39, 0.29) is 5.91 Å². The maximum Gasteiger partial charge on any atom is 0.223 e. The molecule has 4 fully saturated rings. The molecule has 1 N–H and O–H groups in total. The van der Waals surface area contributed by atoms with Crippen LogP contribution < -0.4 is 10.1 Å². The Morgan fingerprint density at radius 1 is 1.12 bits per heavy atom. The zero-order chi connectivity index (χ0) is 22.7. The molecular weight excluding hydrogens is 394 g/mol. The molecule has 1 amide bonds. The van der Waals surface area contributed by atoms with Crippen LogP contribution in [0.2, 0.25) is 0 Å². The molecule has 3 nitrogen and oxygen atoms in total. The van der Waals surface area contributed by atoms with E-state index in [0.29, 0.717) is 18.4 Å². The first-order chi connectivity index (χ1) is 15.4. The molecule has 3 heteroatoms. The first kappa shape index (κ1) is 22.9. The van der Waals surface area contributed by atoms with Gasteiger partial charge in [-0.2, -0.15) is 0 Å². The molecule has 4 aliphatic rings. The second-order valence-corrected chi connectivity index (χ2v) is 10.4. The van der Waals surface area contributed by atoms with E-state index in [1.807, 2.05) is 27.0 Å². The normalized spacial score (nSPS) is 29.6. The molecule has 0 aliphatic heterocycles. The topological polar surface area (TPSA) is 38.3 Å². The highest BCUT2D eigenvalue weighted by Crippen LogP contribution is 2.62. The Hall–Kier alpha value is -2.29. The van der Waals surface area contributed by atoms with Crippen LogP contribution in [0, 0.1) is 17.8 Å². The third-order valence-corrected chi connectivity index (χ3v) is 7.95. The quantitative estimate of drug-likeness (QED) is 0.469. The lowest BCUT2D eigenvalue weighted by Crippen LogP contribution is -2.48. The molecule has 0 heterocycles. The molecule has 1 aromatic rings. The fourth-order valence-corrected chi connectivity index (χ4v) is 6.84. The minimum Gasteiger partial charge on any atom is -0.496 e. The van der Waals surface area contributed by atoms with Gasteiger partial charge in [0.25, 0.3) is 0 Å². The van der Waals surface area contributed by atoms with Crippen LogP contribution in [0.3, 0.4) is 0 Å². The number of hydrogen-bond acceptors (Lipinski definition) is 2. The minimum atomic E-state index is 0.0717. The SMILES string of the molecule is CCNC(=O)CC=C(C)C=CC=C(C)c1ccc(OC)c(C23CC4CC(CC(C4)C2)C3)c1. The maximum atomic E-state index is 11.6. The number of methoxy groups -OCH3 is 1.